The molecule has 1 atom stereocenters. The lowest BCUT2D eigenvalue weighted by atomic mass is 9.96. The van der Waals surface area contributed by atoms with E-state index < -0.39 is 0 Å². The predicted molar refractivity (Wildman–Crippen MR) is 88.6 cm³/mol. The summed E-state index contributed by atoms with van der Waals surface area (Å²) in [5, 5.41) is 3.49. The van der Waals surface area contributed by atoms with E-state index >= 15 is 0 Å². The quantitative estimate of drug-likeness (QED) is 0.808. The van der Waals surface area contributed by atoms with Crippen molar-refractivity contribution in [3.05, 3.63) is 23.9 Å². The third kappa shape index (κ3) is 3.57. The van der Waals surface area contributed by atoms with Crippen LogP contribution in [0.5, 0.6) is 0 Å². The van der Waals surface area contributed by atoms with Crippen LogP contribution in [0.2, 0.25) is 0 Å². The largest absolute Gasteiger partial charge is 0.353 e. The third-order valence-electron chi connectivity index (χ3n) is 5.10. The van der Waals surface area contributed by atoms with Gasteiger partial charge in [0.15, 0.2) is 0 Å². The standard InChI is InChI=1S/C18H29N3/c1-2-10-19-14-15-9-11-20-18(13-15)21-12-5-8-17(21)16-6-3-4-7-16/h9,11,13,16-17,19H,2-8,10,12,14H2,1H3. The van der Waals surface area contributed by atoms with Crippen molar-refractivity contribution in [3.63, 3.8) is 0 Å². The Morgan fingerprint density at radius 3 is 2.90 bits per heavy atom. The van der Waals surface area contributed by atoms with Crippen molar-refractivity contribution in [2.75, 3.05) is 18.0 Å². The molecule has 2 fully saturated rings. The fourth-order valence-corrected chi connectivity index (χ4v) is 4.05. The number of aromatic nitrogens is 1. The van der Waals surface area contributed by atoms with E-state index in [1.54, 1.807) is 0 Å². The molecule has 3 rings (SSSR count). The molecule has 1 unspecified atom stereocenters. The first-order valence-corrected chi connectivity index (χ1v) is 8.81. The minimum Gasteiger partial charge on any atom is -0.353 e. The normalized spacial score (nSPS) is 23.1. The Balaban J connectivity index is 1.68. The van der Waals surface area contributed by atoms with Gasteiger partial charge in [0.1, 0.15) is 5.82 Å². The van der Waals surface area contributed by atoms with E-state index in [1.165, 1.54) is 62.9 Å². The molecule has 1 aromatic rings. The topological polar surface area (TPSA) is 28.2 Å². The lowest BCUT2D eigenvalue weighted by Crippen LogP contribution is -2.35. The highest BCUT2D eigenvalue weighted by molar-refractivity contribution is 5.43. The molecule has 0 radical (unpaired) electrons. The Labute approximate surface area is 129 Å². The van der Waals surface area contributed by atoms with Gasteiger partial charge in [0.2, 0.25) is 0 Å². The zero-order valence-electron chi connectivity index (χ0n) is 13.4. The smallest absolute Gasteiger partial charge is 0.129 e. The summed E-state index contributed by atoms with van der Waals surface area (Å²) in [5.41, 5.74) is 1.37. The Morgan fingerprint density at radius 2 is 2.10 bits per heavy atom. The molecule has 3 nitrogen and oxygen atoms in total. The van der Waals surface area contributed by atoms with Gasteiger partial charge in [-0.2, -0.15) is 0 Å². The van der Waals surface area contributed by atoms with E-state index in [4.69, 9.17) is 0 Å². The molecule has 1 aromatic heterocycles. The summed E-state index contributed by atoms with van der Waals surface area (Å²) in [7, 11) is 0. The van der Waals surface area contributed by atoms with Gasteiger partial charge in [-0.25, -0.2) is 4.98 Å². The molecular weight excluding hydrogens is 258 g/mol. The lowest BCUT2D eigenvalue weighted by molar-refractivity contribution is 0.429. The second-order valence-electron chi connectivity index (χ2n) is 6.65. The highest BCUT2D eigenvalue weighted by Crippen LogP contribution is 2.37. The average molecular weight is 287 g/mol. The maximum Gasteiger partial charge on any atom is 0.129 e. The van der Waals surface area contributed by atoms with Crippen molar-refractivity contribution in [1.82, 2.24) is 10.3 Å². The van der Waals surface area contributed by atoms with E-state index in [0.29, 0.717) is 0 Å². The highest BCUT2D eigenvalue weighted by atomic mass is 15.2. The van der Waals surface area contributed by atoms with E-state index in [9.17, 15) is 0 Å². The van der Waals surface area contributed by atoms with Gasteiger partial charge in [0.05, 0.1) is 0 Å². The highest BCUT2D eigenvalue weighted by Gasteiger charge is 2.33. The van der Waals surface area contributed by atoms with Gasteiger partial charge < -0.3 is 10.2 Å². The SMILES string of the molecule is CCCNCc1ccnc(N2CCCC2C2CCCC2)c1. The van der Waals surface area contributed by atoms with Crippen LogP contribution in [0.4, 0.5) is 5.82 Å². The first-order chi connectivity index (χ1) is 10.4. The van der Waals surface area contributed by atoms with E-state index in [-0.39, 0.29) is 0 Å². The van der Waals surface area contributed by atoms with Crippen LogP contribution in [-0.4, -0.2) is 24.1 Å². The van der Waals surface area contributed by atoms with Crippen molar-refractivity contribution >= 4 is 5.82 Å². The summed E-state index contributed by atoms with van der Waals surface area (Å²) in [6.45, 7) is 5.46. The summed E-state index contributed by atoms with van der Waals surface area (Å²) in [5.74, 6) is 2.12. The van der Waals surface area contributed by atoms with Crippen molar-refractivity contribution < 1.29 is 0 Å². The van der Waals surface area contributed by atoms with Crippen molar-refractivity contribution in [2.24, 2.45) is 5.92 Å². The minimum atomic E-state index is 0.749. The Kier molecular flexibility index (Phi) is 5.13. The van der Waals surface area contributed by atoms with Gasteiger partial charge in [0.25, 0.3) is 0 Å². The van der Waals surface area contributed by atoms with Crippen LogP contribution < -0.4 is 10.2 Å². The molecule has 0 bridgehead atoms. The zero-order valence-corrected chi connectivity index (χ0v) is 13.4. The molecule has 0 amide bonds. The Morgan fingerprint density at radius 1 is 1.24 bits per heavy atom. The molecule has 3 heteroatoms. The van der Waals surface area contributed by atoms with Crippen molar-refractivity contribution in [3.8, 4) is 0 Å². The molecule has 0 spiro atoms. The maximum atomic E-state index is 4.67. The first kappa shape index (κ1) is 14.8. The number of hydrogen-bond acceptors (Lipinski definition) is 3. The van der Waals surface area contributed by atoms with Crippen molar-refractivity contribution in [1.29, 1.82) is 0 Å². The molecule has 1 aliphatic heterocycles. The molecule has 1 saturated heterocycles. The summed E-state index contributed by atoms with van der Waals surface area (Å²) in [6.07, 6.45) is 11.6. The molecule has 1 aliphatic carbocycles. The number of anilines is 1. The van der Waals surface area contributed by atoms with Crippen LogP contribution >= 0.6 is 0 Å². The van der Waals surface area contributed by atoms with Gasteiger partial charge in [-0.15, -0.1) is 0 Å². The monoisotopic (exact) mass is 287 g/mol. The van der Waals surface area contributed by atoms with Gasteiger partial charge in [0, 0.05) is 25.3 Å². The number of rotatable bonds is 6. The minimum absolute atomic E-state index is 0.749. The van der Waals surface area contributed by atoms with Crippen LogP contribution in [0.1, 0.15) is 57.4 Å². The first-order valence-electron chi connectivity index (χ1n) is 8.81. The lowest BCUT2D eigenvalue weighted by Gasteiger charge is -2.30. The van der Waals surface area contributed by atoms with E-state index in [2.05, 4.69) is 34.3 Å². The van der Waals surface area contributed by atoms with Crippen molar-refractivity contribution in [2.45, 2.75) is 64.5 Å². The molecule has 1 saturated carbocycles. The summed E-state index contributed by atoms with van der Waals surface area (Å²) < 4.78 is 0. The molecule has 0 aromatic carbocycles. The van der Waals surface area contributed by atoms with Crippen LogP contribution in [0.3, 0.4) is 0 Å². The predicted octanol–water partition coefficient (Wildman–Crippen LogP) is 3.74. The number of nitrogens with one attached hydrogen (secondary N) is 1. The second-order valence-corrected chi connectivity index (χ2v) is 6.65. The zero-order chi connectivity index (χ0) is 14.5. The number of nitrogens with zero attached hydrogens (tertiary/aromatic N) is 2. The molecule has 116 valence electrons. The summed E-state index contributed by atoms with van der Waals surface area (Å²) in [4.78, 5) is 7.27. The fourth-order valence-electron chi connectivity index (χ4n) is 4.05. The number of hydrogen-bond donors (Lipinski definition) is 1. The summed E-state index contributed by atoms with van der Waals surface area (Å²) >= 11 is 0. The second kappa shape index (κ2) is 7.26. The molecular formula is C18H29N3. The third-order valence-corrected chi connectivity index (χ3v) is 5.10. The molecule has 21 heavy (non-hydrogen) atoms. The Hall–Kier alpha value is -1.09. The van der Waals surface area contributed by atoms with Gasteiger partial charge in [-0.3, -0.25) is 0 Å². The number of pyridine rings is 1. The van der Waals surface area contributed by atoms with Gasteiger partial charge in [-0.05, 0) is 62.3 Å². The van der Waals surface area contributed by atoms with Crippen LogP contribution in [0.25, 0.3) is 0 Å². The summed E-state index contributed by atoms with van der Waals surface area (Å²) in [6, 6.07) is 5.20. The van der Waals surface area contributed by atoms with E-state index in [1.807, 2.05) is 6.20 Å². The Bertz CT molecular complexity index is 440. The van der Waals surface area contributed by atoms with E-state index in [0.717, 1.165) is 25.0 Å². The van der Waals surface area contributed by atoms with Gasteiger partial charge >= 0.3 is 0 Å². The van der Waals surface area contributed by atoms with Crippen LogP contribution in [0, 0.1) is 5.92 Å². The molecule has 2 heterocycles. The fraction of sp³-hybridized carbons (Fsp3) is 0.722. The molecule has 2 aliphatic rings. The van der Waals surface area contributed by atoms with Gasteiger partial charge in [-0.1, -0.05) is 19.8 Å². The van der Waals surface area contributed by atoms with Crippen LogP contribution in [0.15, 0.2) is 18.3 Å². The maximum absolute atomic E-state index is 4.67. The van der Waals surface area contributed by atoms with Crippen LogP contribution in [-0.2, 0) is 6.54 Å². The molecule has 1 N–H and O–H groups in total. The average Bonchev–Trinajstić information content (AvgIpc) is 3.19.